The van der Waals surface area contributed by atoms with E-state index in [0.29, 0.717) is 11.7 Å². The van der Waals surface area contributed by atoms with Crippen molar-refractivity contribution in [3.8, 4) is 0 Å². The molecule has 0 radical (unpaired) electrons. The van der Waals surface area contributed by atoms with E-state index in [1.165, 1.54) is 5.57 Å². The number of aliphatic hydroxyl groups excluding tert-OH is 1. The molecule has 12 heavy (non-hydrogen) atoms. The molecule has 0 aliphatic heterocycles. The van der Waals surface area contributed by atoms with Crippen LogP contribution in [0.3, 0.4) is 0 Å². The van der Waals surface area contributed by atoms with Crippen molar-refractivity contribution >= 4 is 0 Å². The summed E-state index contributed by atoms with van der Waals surface area (Å²) < 4.78 is 0. The van der Waals surface area contributed by atoms with E-state index < -0.39 is 0 Å². The van der Waals surface area contributed by atoms with Crippen LogP contribution in [0.2, 0.25) is 0 Å². The lowest BCUT2D eigenvalue weighted by atomic mass is 9.72. The Morgan fingerprint density at radius 3 is 2.50 bits per heavy atom. The monoisotopic (exact) mass is 166 g/mol. The summed E-state index contributed by atoms with van der Waals surface area (Å²) in [6, 6.07) is 0. The molecule has 0 spiro atoms. The zero-order valence-electron chi connectivity index (χ0n) is 8.39. The summed E-state index contributed by atoms with van der Waals surface area (Å²) in [6.07, 6.45) is 4.89. The van der Waals surface area contributed by atoms with E-state index in [0.717, 1.165) is 6.42 Å². The number of hydrogen-bond acceptors (Lipinski definition) is 1. The van der Waals surface area contributed by atoms with Gasteiger partial charge in [0.15, 0.2) is 0 Å². The maximum Gasteiger partial charge on any atom is 0.112 e. The second-order valence-electron chi connectivity index (χ2n) is 4.40. The fourth-order valence-electron chi connectivity index (χ4n) is 1.71. The lowest BCUT2D eigenvalue weighted by Gasteiger charge is -2.33. The molecule has 1 heteroatoms. The highest BCUT2D eigenvalue weighted by molar-refractivity contribution is 5.26. The molecule has 0 saturated carbocycles. The third kappa shape index (κ3) is 1.71. The largest absolute Gasteiger partial charge is 0.508 e. The second-order valence-corrected chi connectivity index (χ2v) is 4.40. The molecule has 68 valence electrons. The average Bonchev–Trinajstić information content (AvgIpc) is 1.82. The first-order chi connectivity index (χ1) is 5.44. The van der Waals surface area contributed by atoms with Gasteiger partial charge >= 0.3 is 0 Å². The summed E-state index contributed by atoms with van der Waals surface area (Å²) in [5.74, 6) is 0.998. The molecule has 0 aromatic heterocycles. The minimum absolute atomic E-state index is 0.142. The number of rotatable bonds is 1. The minimum Gasteiger partial charge on any atom is -0.508 e. The Balaban J connectivity index is 2.92. The summed E-state index contributed by atoms with van der Waals surface area (Å²) in [5.41, 5.74) is 1.41. The van der Waals surface area contributed by atoms with E-state index in [1.54, 1.807) is 0 Å². The molecule has 0 bridgehead atoms. The van der Waals surface area contributed by atoms with Crippen molar-refractivity contribution in [2.45, 2.75) is 34.1 Å². The highest BCUT2D eigenvalue weighted by Gasteiger charge is 2.29. The van der Waals surface area contributed by atoms with Gasteiger partial charge in [-0.2, -0.15) is 0 Å². The van der Waals surface area contributed by atoms with Crippen molar-refractivity contribution in [2.24, 2.45) is 11.3 Å². The molecular formula is C11H18O. The van der Waals surface area contributed by atoms with Gasteiger partial charge in [-0.25, -0.2) is 0 Å². The minimum atomic E-state index is 0.142. The van der Waals surface area contributed by atoms with E-state index in [4.69, 9.17) is 0 Å². The van der Waals surface area contributed by atoms with Crippen molar-refractivity contribution in [1.82, 2.24) is 0 Å². The van der Waals surface area contributed by atoms with E-state index in [9.17, 15) is 5.11 Å². The van der Waals surface area contributed by atoms with Gasteiger partial charge in [-0.1, -0.05) is 26.3 Å². The Labute approximate surface area is 74.8 Å². The Kier molecular flexibility index (Phi) is 2.31. The highest BCUT2D eigenvalue weighted by atomic mass is 16.3. The molecule has 1 rings (SSSR count). The van der Waals surface area contributed by atoms with Crippen molar-refractivity contribution in [3.05, 3.63) is 23.5 Å². The highest BCUT2D eigenvalue weighted by Crippen LogP contribution is 2.39. The first-order valence-corrected chi connectivity index (χ1v) is 4.53. The normalized spacial score (nSPS) is 30.1. The van der Waals surface area contributed by atoms with Crippen LogP contribution in [0.5, 0.6) is 0 Å². The molecule has 0 fully saturated rings. The van der Waals surface area contributed by atoms with Crippen LogP contribution in [-0.4, -0.2) is 5.11 Å². The van der Waals surface area contributed by atoms with Crippen molar-refractivity contribution in [3.63, 3.8) is 0 Å². The Hall–Kier alpha value is -0.720. The van der Waals surface area contributed by atoms with Gasteiger partial charge < -0.3 is 5.11 Å². The standard InChI is InChI=1S/C11H18O/c1-8(2)11(4)6-9(3)5-10(12)7-11/h5,7-8,12H,6H2,1-4H3. The van der Waals surface area contributed by atoms with Crippen molar-refractivity contribution in [2.75, 3.05) is 0 Å². The lowest BCUT2D eigenvalue weighted by Crippen LogP contribution is -2.23. The van der Waals surface area contributed by atoms with Crippen molar-refractivity contribution in [1.29, 1.82) is 0 Å². The van der Waals surface area contributed by atoms with Crippen LogP contribution < -0.4 is 0 Å². The molecule has 0 aromatic rings. The zero-order chi connectivity index (χ0) is 9.35. The molecule has 0 amide bonds. The fourth-order valence-corrected chi connectivity index (χ4v) is 1.71. The smallest absolute Gasteiger partial charge is 0.112 e. The topological polar surface area (TPSA) is 20.2 Å². The van der Waals surface area contributed by atoms with Gasteiger partial charge in [0.05, 0.1) is 0 Å². The zero-order valence-corrected chi connectivity index (χ0v) is 8.39. The maximum absolute atomic E-state index is 9.45. The summed E-state index contributed by atoms with van der Waals surface area (Å²) in [7, 11) is 0. The summed E-state index contributed by atoms with van der Waals surface area (Å²) in [5, 5.41) is 9.45. The maximum atomic E-state index is 9.45. The molecule has 1 aliphatic rings. The molecule has 1 atom stereocenters. The Morgan fingerprint density at radius 2 is 2.08 bits per heavy atom. The number of allylic oxidation sites excluding steroid dienone is 3. The van der Waals surface area contributed by atoms with Gasteiger partial charge in [0, 0.05) is 0 Å². The van der Waals surface area contributed by atoms with E-state index in [2.05, 4.69) is 27.7 Å². The summed E-state index contributed by atoms with van der Waals surface area (Å²) >= 11 is 0. The van der Waals surface area contributed by atoms with Crippen LogP contribution in [-0.2, 0) is 0 Å². The summed E-state index contributed by atoms with van der Waals surface area (Å²) in [4.78, 5) is 0. The van der Waals surface area contributed by atoms with Crippen LogP contribution in [0.15, 0.2) is 23.5 Å². The average molecular weight is 166 g/mol. The van der Waals surface area contributed by atoms with E-state index >= 15 is 0 Å². The van der Waals surface area contributed by atoms with E-state index in [1.807, 2.05) is 12.2 Å². The first kappa shape index (κ1) is 9.37. The quantitative estimate of drug-likeness (QED) is 0.632. The van der Waals surface area contributed by atoms with Crippen molar-refractivity contribution < 1.29 is 5.11 Å². The molecule has 1 N–H and O–H groups in total. The van der Waals surface area contributed by atoms with Gasteiger partial charge in [0.1, 0.15) is 5.76 Å². The fraction of sp³-hybridized carbons (Fsp3) is 0.636. The molecule has 0 heterocycles. The molecule has 1 unspecified atom stereocenters. The first-order valence-electron chi connectivity index (χ1n) is 4.53. The molecule has 1 aliphatic carbocycles. The summed E-state index contributed by atoms with van der Waals surface area (Å²) in [6.45, 7) is 8.67. The van der Waals surface area contributed by atoms with Crippen LogP contribution in [0.4, 0.5) is 0 Å². The van der Waals surface area contributed by atoms with Gasteiger partial charge in [-0.05, 0) is 36.8 Å². The van der Waals surface area contributed by atoms with Gasteiger partial charge in [0.25, 0.3) is 0 Å². The van der Waals surface area contributed by atoms with Gasteiger partial charge in [0.2, 0.25) is 0 Å². The van der Waals surface area contributed by atoms with E-state index in [-0.39, 0.29) is 5.41 Å². The molecule has 1 nitrogen and oxygen atoms in total. The number of aliphatic hydroxyl groups is 1. The lowest BCUT2D eigenvalue weighted by molar-refractivity contribution is 0.273. The van der Waals surface area contributed by atoms with Crippen LogP contribution in [0.25, 0.3) is 0 Å². The second kappa shape index (κ2) is 2.96. The van der Waals surface area contributed by atoms with Gasteiger partial charge in [-0.3, -0.25) is 0 Å². The molecular weight excluding hydrogens is 148 g/mol. The SMILES string of the molecule is CC1=CC(O)=CC(C)(C(C)C)C1. The molecule has 0 saturated heterocycles. The van der Waals surface area contributed by atoms with Crippen LogP contribution in [0.1, 0.15) is 34.1 Å². The Morgan fingerprint density at radius 1 is 1.50 bits per heavy atom. The predicted molar refractivity (Wildman–Crippen MR) is 52.0 cm³/mol. The molecule has 0 aromatic carbocycles. The van der Waals surface area contributed by atoms with Crippen LogP contribution >= 0.6 is 0 Å². The predicted octanol–water partition coefficient (Wildman–Crippen LogP) is 3.44. The number of hydrogen-bond donors (Lipinski definition) is 1. The van der Waals surface area contributed by atoms with Gasteiger partial charge in [-0.15, -0.1) is 0 Å². The third-order valence-corrected chi connectivity index (χ3v) is 2.85. The third-order valence-electron chi connectivity index (χ3n) is 2.85. The van der Waals surface area contributed by atoms with Crippen LogP contribution in [0, 0.1) is 11.3 Å². The Bertz CT molecular complexity index is 235.